The minimum absolute atomic E-state index is 0.359. The standard InChI is InChI=1S/C15H24N2O3S/c1-3-16-12-13-11-14(7-8-15(13)20-2)21(18,19)17-9-5-4-6-10-17/h7-8,11,16H,3-6,9-10,12H2,1-2H3. The molecule has 21 heavy (non-hydrogen) atoms. The van der Waals surface area contributed by atoms with Crippen molar-refractivity contribution < 1.29 is 13.2 Å². The molecule has 118 valence electrons. The summed E-state index contributed by atoms with van der Waals surface area (Å²) in [5.74, 6) is 0.716. The predicted octanol–water partition coefficient (Wildman–Crippen LogP) is 1.98. The third-order valence-electron chi connectivity index (χ3n) is 3.77. The predicted molar refractivity (Wildman–Crippen MR) is 83.0 cm³/mol. The number of nitrogens with zero attached hydrogens (tertiary/aromatic N) is 1. The van der Waals surface area contributed by atoms with Crippen molar-refractivity contribution in [1.82, 2.24) is 9.62 Å². The molecule has 0 saturated carbocycles. The van der Waals surface area contributed by atoms with Gasteiger partial charge in [0.2, 0.25) is 10.0 Å². The van der Waals surface area contributed by atoms with E-state index in [4.69, 9.17) is 4.74 Å². The number of nitrogens with one attached hydrogen (secondary N) is 1. The maximum atomic E-state index is 12.7. The highest BCUT2D eigenvalue weighted by Gasteiger charge is 2.26. The molecule has 1 fully saturated rings. The molecule has 5 nitrogen and oxygen atoms in total. The largest absolute Gasteiger partial charge is 0.496 e. The van der Waals surface area contributed by atoms with Gasteiger partial charge in [-0.1, -0.05) is 13.3 Å². The molecule has 1 aliphatic rings. The van der Waals surface area contributed by atoms with Gasteiger partial charge in [0.1, 0.15) is 5.75 Å². The Kier molecular flexibility index (Phi) is 5.61. The lowest BCUT2D eigenvalue weighted by atomic mass is 10.2. The van der Waals surface area contributed by atoms with Crippen molar-refractivity contribution in [2.75, 3.05) is 26.7 Å². The Morgan fingerprint density at radius 3 is 2.57 bits per heavy atom. The third-order valence-corrected chi connectivity index (χ3v) is 5.66. The Morgan fingerprint density at radius 2 is 1.95 bits per heavy atom. The van der Waals surface area contributed by atoms with Gasteiger partial charge in [0, 0.05) is 25.2 Å². The van der Waals surface area contributed by atoms with Crippen LogP contribution in [0.25, 0.3) is 0 Å². The first-order chi connectivity index (χ1) is 10.1. The Balaban J connectivity index is 2.29. The molecule has 0 aromatic heterocycles. The van der Waals surface area contributed by atoms with Crippen LogP contribution in [-0.4, -0.2) is 39.5 Å². The minimum atomic E-state index is -3.38. The quantitative estimate of drug-likeness (QED) is 0.872. The van der Waals surface area contributed by atoms with Crippen molar-refractivity contribution in [1.29, 1.82) is 0 Å². The first-order valence-electron chi connectivity index (χ1n) is 7.47. The van der Waals surface area contributed by atoms with Crippen LogP contribution in [0, 0.1) is 0 Å². The van der Waals surface area contributed by atoms with E-state index in [9.17, 15) is 8.42 Å². The lowest BCUT2D eigenvalue weighted by molar-refractivity contribution is 0.346. The molecule has 0 amide bonds. The van der Waals surface area contributed by atoms with Crippen LogP contribution in [0.2, 0.25) is 0 Å². The van der Waals surface area contributed by atoms with E-state index in [-0.39, 0.29) is 0 Å². The zero-order chi connectivity index (χ0) is 15.3. The first kappa shape index (κ1) is 16.3. The highest BCUT2D eigenvalue weighted by Crippen LogP contribution is 2.26. The smallest absolute Gasteiger partial charge is 0.243 e. The van der Waals surface area contributed by atoms with Gasteiger partial charge in [-0.15, -0.1) is 0 Å². The van der Waals surface area contributed by atoms with Gasteiger partial charge in [0.25, 0.3) is 0 Å². The fourth-order valence-electron chi connectivity index (χ4n) is 2.57. The van der Waals surface area contributed by atoms with E-state index in [1.807, 2.05) is 6.92 Å². The van der Waals surface area contributed by atoms with E-state index in [0.29, 0.717) is 30.3 Å². The van der Waals surface area contributed by atoms with E-state index in [2.05, 4.69) is 5.32 Å². The van der Waals surface area contributed by atoms with Crippen LogP contribution >= 0.6 is 0 Å². The number of piperidine rings is 1. The van der Waals surface area contributed by atoms with Crippen molar-refractivity contribution in [3.63, 3.8) is 0 Å². The number of sulfonamides is 1. The van der Waals surface area contributed by atoms with Crippen LogP contribution < -0.4 is 10.1 Å². The van der Waals surface area contributed by atoms with Gasteiger partial charge in [-0.05, 0) is 37.6 Å². The van der Waals surface area contributed by atoms with E-state index >= 15 is 0 Å². The van der Waals surface area contributed by atoms with Crippen LogP contribution in [-0.2, 0) is 16.6 Å². The van der Waals surface area contributed by atoms with Crippen LogP contribution in [0.4, 0.5) is 0 Å². The second-order valence-corrected chi connectivity index (χ2v) is 7.16. The summed E-state index contributed by atoms with van der Waals surface area (Å²) in [6, 6.07) is 5.10. The van der Waals surface area contributed by atoms with E-state index in [1.165, 1.54) is 0 Å². The number of methoxy groups -OCH3 is 1. The lowest BCUT2D eigenvalue weighted by Gasteiger charge is -2.26. The first-order valence-corrected chi connectivity index (χ1v) is 8.91. The Bertz CT molecular complexity index is 566. The molecule has 1 saturated heterocycles. The maximum Gasteiger partial charge on any atom is 0.243 e. The average molecular weight is 312 g/mol. The fraction of sp³-hybridized carbons (Fsp3) is 0.600. The molecule has 6 heteroatoms. The summed E-state index contributed by atoms with van der Waals surface area (Å²) in [7, 11) is -1.78. The van der Waals surface area contributed by atoms with Crippen molar-refractivity contribution in [2.45, 2.75) is 37.6 Å². The monoisotopic (exact) mass is 312 g/mol. The summed E-state index contributed by atoms with van der Waals surface area (Å²) >= 11 is 0. The topological polar surface area (TPSA) is 58.6 Å². The summed E-state index contributed by atoms with van der Waals surface area (Å²) < 4.78 is 32.3. The summed E-state index contributed by atoms with van der Waals surface area (Å²) in [6.45, 7) is 4.68. The lowest BCUT2D eigenvalue weighted by Crippen LogP contribution is -2.35. The molecule has 0 radical (unpaired) electrons. The van der Waals surface area contributed by atoms with Crippen LogP contribution in [0.1, 0.15) is 31.7 Å². The summed E-state index contributed by atoms with van der Waals surface area (Å²) in [6.07, 6.45) is 3.00. The van der Waals surface area contributed by atoms with E-state index in [1.54, 1.807) is 29.6 Å². The van der Waals surface area contributed by atoms with Crippen molar-refractivity contribution >= 4 is 10.0 Å². The summed E-state index contributed by atoms with van der Waals surface area (Å²) in [5.41, 5.74) is 0.873. The molecule has 1 heterocycles. The fourth-order valence-corrected chi connectivity index (χ4v) is 4.14. The molecule has 0 spiro atoms. The number of benzene rings is 1. The third kappa shape index (κ3) is 3.75. The van der Waals surface area contributed by atoms with E-state index in [0.717, 1.165) is 31.4 Å². The molecule has 1 N–H and O–H groups in total. The number of ether oxygens (including phenoxy) is 1. The van der Waals surface area contributed by atoms with Crippen molar-refractivity contribution in [2.24, 2.45) is 0 Å². The molecule has 2 rings (SSSR count). The zero-order valence-electron chi connectivity index (χ0n) is 12.8. The van der Waals surface area contributed by atoms with Gasteiger partial charge < -0.3 is 10.1 Å². The Morgan fingerprint density at radius 1 is 1.24 bits per heavy atom. The molecule has 1 aromatic carbocycles. The molecule has 0 atom stereocenters. The molecule has 1 aliphatic heterocycles. The molecule has 1 aromatic rings. The highest BCUT2D eigenvalue weighted by molar-refractivity contribution is 7.89. The van der Waals surface area contributed by atoms with E-state index < -0.39 is 10.0 Å². The van der Waals surface area contributed by atoms with Gasteiger partial charge >= 0.3 is 0 Å². The number of hydrogen-bond acceptors (Lipinski definition) is 4. The van der Waals surface area contributed by atoms with Crippen LogP contribution in [0.3, 0.4) is 0 Å². The molecule has 0 bridgehead atoms. The van der Waals surface area contributed by atoms with Gasteiger partial charge in [-0.2, -0.15) is 4.31 Å². The molecule has 0 unspecified atom stereocenters. The van der Waals surface area contributed by atoms with Gasteiger partial charge in [0.15, 0.2) is 0 Å². The second kappa shape index (κ2) is 7.24. The van der Waals surface area contributed by atoms with Gasteiger partial charge in [-0.3, -0.25) is 0 Å². The molecule has 0 aliphatic carbocycles. The van der Waals surface area contributed by atoms with Crippen molar-refractivity contribution in [3.05, 3.63) is 23.8 Å². The van der Waals surface area contributed by atoms with Crippen LogP contribution in [0.5, 0.6) is 5.75 Å². The van der Waals surface area contributed by atoms with Crippen molar-refractivity contribution in [3.8, 4) is 5.75 Å². The number of rotatable bonds is 6. The van der Waals surface area contributed by atoms with Gasteiger partial charge in [0.05, 0.1) is 12.0 Å². The minimum Gasteiger partial charge on any atom is -0.496 e. The second-order valence-electron chi connectivity index (χ2n) is 5.22. The number of hydrogen-bond donors (Lipinski definition) is 1. The molecular weight excluding hydrogens is 288 g/mol. The van der Waals surface area contributed by atoms with Crippen LogP contribution in [0.15, 0.2) is 23.1 Å². The zero-order valence-corrected chi connectivity index (χ0v) is 13.6. The SMILES string of the molecule is CCNCc1cc(S(=O)(=O)N2CCCCC2)ccc1OC. The molecular formula is C15H24N2O3S. The maximum absolute atomic E-state index is 12.7. The van der Waals surface area contributed by atoms with Gasteiger partial charge in [-0.25, -0.2) is 8.42 Å². The summed E-state index contributed by atoms with van der Waals surface area (Å²) in [4.78, 5) is 0.359. The normalized spacial score (nSPS) is 16.9. The Hall–Kier alpha value is -1.11. The highest BCUT2D eigenvalue weighted by atomic mass is 32.2. The average Bonchev–Trinajstić information content (AvgIpc) is 2.53. The summed E-state index contributed by atoms with van der Waals surface area (Å²) in [5, 5.41) is 3.21. The Labute approximate surface area is 127 Å².